The number of ether oxygens (including phenoxy) is 5. The van der Waals surface area contributed by atoms with E-state index >= 15 is 4.79 Å². The minimum absolute atomic E-state index is 0.0295. The summed E-state index contributed by atoms with van der Waals surface area (Å²) in [5, 5.41) is 12.2. The third-order valence-electron chi connectivity index (χ3n) is 19.6. The summed E-state index contributed by atoms with van der Waals surface area (Å²) in [6, 6.07) is 11.1. The number of fused-ring (bicyclic) bond motifs is 3. The SMILES string of the molecule is CCC1/C=C(\C)CC(C)CC(OC)C2OC(O)(C(=O)C(=O)N3CCCCC3C(=O)OC(C(C)=CC3CCC(CCC(=O)c4ccccc4)(O[Si](CC)(CC)CC)C(OC)C3)C(C)C(O[Si](C)(C)C(C)(C)C)CC1=O)C(C)CC2OC. The van der Waals surface area contributed by atoms with E-state index in [1.54, 1.807) is 28.3 Å². The summed E-state index contributed by atoms with van der Waals surface area (Å²) in [5.74, 6) is -7.03. The number of cyclic esters (lactones) is 1. The number of hydrogen-bond donors (Lipinski definition) is 1. The van der Waals surface area contributed by atoms with Crippen LogP contribution in [0.15, 0.2) is 53.6 Å². The molecule has 1 N–H and O–H groups in total. The number of rotatable bonds is 17. The molecule has 14 nitrogen and oxygen atoms in total. The number of esters is 1. The Balaban J connectivity index is 1.63. The summed E-state index contributed by atoms with van der Waals surface area (Å²) >= 11 is 0. The van der Waals surface area contributed by atoms with Crippen LogP contribution in [0.2, 0.25) is 36.3 Å². The first-order valence-electron chi connectivity index (χ1n) is 30.5. The van der Waals surface area contributed by atoms with E-state index in [0.29, 0.717) is 63.4 Å². The van der Waals surface area contributed by atoms with Crippen molar-refractivity contribution in [3.05, 3.63) is 59.2 Å². The highest BCUT2D eigenvalue weighted by atomic mass is 28.4. The summed E-state index contributed by atoms with van der Waals surface area (Å²) < 4.78 is 46.6. The fraction of sp³-hybridized carbons (Fsp3) is 0.766. The molecule has 2 bridgehead atoms. The molecule has 0 spiro atoms. The van der Waals surface area contributed by atoms with Gasteiger partial charge >= 0.3 is 5.97 Å². The summed E-state index contributed by atoms with van der Waals surface area (Å²) in [4.78, 5) is 74.8. The smallest absolute Gasteiger partial charge is 0.329 e. The third-order valence-corrected chi connectivity index (χ3v) is 28.8. The number of piperidine rings is 1. The van der Waals surface area contributed by atoms with Crippen molar-refractivity contribution in [2.75, 3.05) is 27.9 Å². The van der Waals surface area contributed by atoms with E-state index in [1.807, 2.05) is 58.0 Å². The third kappa shape index (κ3) is 16.0. The maximum atomic E-state index is 15.3. The Kier molecular flexibility index (Phi) is 24.6. The van der Waals surface area contributed by atoms with Crippen molar-refractivity contribution in [2.45, 2.75) is 257 Å². The summed E-state index contributed by atoms with van der Waals surface area (Å²) in [6.07, 6.45) is 6.52. The number of amides is 1. The molecular formula is C64H105NO13Si2. The molecule has 2 saturated heterocycles. The Morgan fingerprint density at radius 1 is 0.863 bits per heavy atom. The van der Waals surface area contributed by atoms with Crippen LogP contribution in [0.5, 0.6) is 0 Å². The molecule has 0 radical (unpaired) electrons. The maximum Gasteiger partial charge on any atom is 0.329 e. The van der Waals surface area contributed by atoms with E-state index in [2.05, 4.69) is 73.7 Å². The second kappa shape index (κ2) is 29.1. The highest BCUT2D eigenvalue weighted by Gasteiger charge is 2.57. The molecule has 4 aliphatic rings. The fourth-order valence-corrected chi connectivity index (χ4v) is 17.7. The van der Waals surface area contributed by atoms with Gasteiger partial charge in [-0.1, -0.05) is 117 Å². The van der Waals surface area contributed by atoms with Crippen molar-refractivity contribution >= 4 is 45.9 Å². The zero-order chi connectivity index (χ0) is 59.5. The van der Waals surface area contributed by atoms with Gasteiger partial charge in [-0.25, -0.2) is 4.79 Å². The normalized spacial score (nSPS) is 34.2. The van der Waals surface area contributed by atoms with Crippen LogP contribution in [0.4, 0.5) is 0 Å². The minimum Gasteiger partial charge on any atom is -0.456 e. The molecule has 1 amide bonds. The number of allylic oxidation sites excluding steroid dienone is 3. The highest BCUT2D eigenvalue weighted by Crippen LogP contribution is 2.46. The average Bonchev–Trinajstić information content (AvgIpc) is 3.43. The van der Waals surface area contributed by atoms with Crippen LogP contribution in [0, 0.1) is 29.6 Å². The van der Waals surface area contributed by atoms with Crippen molar-refractivity contribution in [1.82, 2.24) is 4.90 Å². The number of carbonyl (C=O) groups is 5. The van der Waals surface area contributed by atoms with Crippen LogP contribution in [0.25, 0.3) is 0 Å². The van der Waals surface area contributed by atoms with E-state index in [-0.39, 0.29) is 60.4 Å². The number of hydrogen-bond acceptors (Lipinski definition) is 13. The first kappa shape index (κ1) is 67.6. The molecule has 16 heteroatoms. The van der Waals surface area contributed by atoms with Crippen LogP contribution < -0.4 is 0 Å². The lowest BCUT2D eigenvalue weighted by Gasteiger charge is -2.50. The largest absolute Gasteiger partial charge is 0.456 e. The van der Waals surface area contributed by atoms with Gasteiger partial charge in [-0.05, 0) is 138 Å². The molecule has 1 aromatic carbocycles. The summed E-state index contributed by atoms with van der Waals surface area (Å²) in [6.45, 7) is 29.5. The highest BCUT2D eigenvalue weighted by molar-refractivity contribution is 6.74. The molecule has 452 valence electrons. The van der Waals surface area contributed by atoms with Crippen LogP contribution in [0.1, 0.15) is 177 Å². The summed E-state index contributed by atoms with van der Waals surface area (Å²) in [7, 11) is 0.0263. The first-order valence-corrected chi connectivity index (χ1v) is 36.0. The number of carbonyl (C=O) groups excluding carboxylic acids is 5. The van der Waals surface area contributed by atoms with Gasteiger partial charge in [-0.2, -0.15) is 0 Å². The van der Waals surface area contributed by atoms with Gasteiger partial charge in [-0.3, -0.25) is 19.2 Å². The van der Waals surface area contributed by atoms with Crippen molar-refractivity contribution < 1.29 is 61.6 Å². The fourth-order valence-electron chi connectivity index (χ4n) is 13.1. The quantitative estimate of drug-likeness (QED) is 0.0514. The average molecular weight is 1150 g/mol. The van der Waals surface area contributed by atoms with Crippen molar-refractivity contribution in [2.24, 2.45) is 29.6 Å². The molecule has 1 aromatic rings. The number of methoxy groups -OCH3 is 3. The van der Waals surface area contributed by atoms with Gasteiger partial charge in [0.2, 0.25) is 5.79 Å². The van der Waals surface area contributed by atoms with Gasteiger partial charge in [0.25, 0.3) is 11.7 Å². The molecule has 3 heterocycles. The molecule has 1 saturated carbocycles. The number of Topliss-reactive ketones (excluding diaryl/α,β-unsaturated/α-hetero) is 3. The molecule has 1 aliphatic carbocycles. The van der Waals surface area contributed by atoms with Gasteiger partial charge in [0.1, 0.15) is 24.0 Å². The predicted molar refractivity (Wildman–Crippen MR) is 319 cm³/mol. The minimum atomic E-state index is -2.60. The Hall–Kier alpha value is -3.20. The molecular weight excluding hydrogens is 1050 g/mol. The second-order valence-electron chi connectivity index (χ2n) is 26.0. The Morgan fingerprint density at radius 2 is 1.50 bits per heavy atom. The lowest BCUT2D eigenvalue weighted by atomic mass is 9.73. The van der Waals surface area contributed by atoms with Crippen LogP contribution in [0.3, 0.4) is 0 Å². The van der Waals surface area contributed by atoms with Gasteiger partial charge in [0.05, 0.1) is 30.0 Å². The van der Waals surface area contributed by atoms with E-state index in [4.69, 9.17) is 32.5 Å². The van der Waals surface area contributed by atoms with Gasteiger partial charge in [0.15, 0.2) is 22.4 Å². The van der Waals surface area contributed by atoms with E-state index in [1.165, 1.54) is 4.90 Å². The van der Waals surface area contributed by atoms with Crippen molar-refractivity contribution in [1.29, 1.82) is 0 Å². The Labute approximate surface area is 483 Å². The number of ketones is 3. The number of aliphatic hydroxyl groups is 1. The van der Waals surface area contributed by atoms with Crippen LogP contribution in [-0.2, 0) is 51.7 Å². The topological polar surface area (TPSA) is 173 Å². The predicted octanol–water partition coefficient (Wildman–Crippen LogP) is 12.6. The standard InChI is InChI=1S/C64H105NO13Si2/c1-18-48-36-42(5)35-43(6)37-54(72-13)58-55(73-14)39-45(8)64(71,76-58)59(68)60(69)65-34-26-25-29-50(65)61(70)75-57(46(9)53(41-52(48)67)77-79(16,17)62(10,11)12)44(7)38-47-30-32-63(56(40-47)74-15,78-80(19-2,20-3)21-4)33-31-51(66)49-27-23-22-24-28-49/h22-24,27-28,36,38,43,45-48,50,53-58,71H,18-21,25-26,29-35,37,39-41H2,1-17H3/b42-36+,44-38?. The number of nitrogens with zero attached hydrogens (tertiary/aromatic N) is 1. The van der Waals surface area contributed by atoms with E-state index < -0.39 is 100.0 Å². The molecule has 5 rings (SSSR count). The van der Waals surface area contributed by atoms with Gasteiger partial charge in [-0.15, -0.1) is 0 Å². The van der Waals surface area contributed by atoms with Crippen LogP contribution >= 0.6 is 0 Å². The Bertz CT molecular complexity index is 2290. The molecule has 3 aliphatic heterocycles. The second-order valence-corrected chi connectivity index (χ2v) is 35.5. The van der Waals surface area contributed by atoms with E-state index in [9.17, 15) is 24.3 Å². The zero-order valence-electron chi connectivity index (χ0n) is 52.3. The number of benzene rings is 1. The monoisotopic (exact) mass is 1150 g/mol. The Morgan fingerprint density at radius 3 is 2.09 bits per heavy atom. The van der Waals surface area contributed by atoms with Crippen molar-refractivity contribution in [3.63, 3.8) is 0 Å². The lowest BCUT2D eigenvalue weighted by molar-refractivity contribution is -0.302. The van der Waals surface area contributed by atoms with E-state index in [0.717, 1.165) is 35.7 Å². The summed E-state index contributed by atoms with van der Waals surface area (Å²) in [5.41, 5.74) is 1.81. The van der Waals surface area contributed by atoms with Gasteiger partial charge < -0.3 is 42.5 Å². The molecule has 14 unspecified atom stereocenters. The lowest BCUT2D eigenvalue weighted by Crippen LogP contribution is -2.64. The van der Waals surface area contributed by atoms with Crippen molar-refractivity contribution in [3.8, 4) is 0 Å². The maximum absolute atomic E-state index is 15.3. The first-order chi connectivity index (χ1) is 37.6. The van der Waals surface area contributed by atoms with Gasteiger partial charge in [0, 0.05) is 64.0 Å². The molecule has 80 heavy (non-hydrogen) atoms. The zero-order valence-corrected chi connectivity index (χ0v) is 54.3. The molecule has 0 aromatic heterocycles. The molecule has 14 atom stereocenters. The molecule has 3 fully saturated rings. The van der Waals surface area contributed by atoms with Crippen LogP contribution in [-0.4, -0.2) is 138 Å².